The number of hydrogen-bond acceptors (Lipinski definition) is 3. The van der Waals surface area contributed by atoms with Crippen molar-refractivity contribution in [3.8, 4) is 6.07 Å². The van der Waals surface area contributed by atoms with Gasteiger partial charge in [-0.3, -0.25) is 9.59 Å². The predicted octanol–water partition coefficient (Wildman–Crippen LogP) is 4.72. The summed E-state index contributed by atoms with van der Waals surface area (Å²) in [5.41, 5.74) is 2.30. The Morgan fingerprint density at radius 3 is 2.07 bits per heavy atom. The fourth-order valence-corrected chi connectivity index (χ4v) is 2.58. The summed E-state index contributed by atoms with van der Waals surface area (Å²) in [6, 6.07) is 21.8. The van der Waals surface area contributed by atoms with Crippen molar-refractivity contribution in [2.75, 3.05) is 10.6 Å². The Labute approximate surface area is 161 Å². The van der Waals surface area contributed by atoms with E-state index in [1.165, 1.54) is 0 Å². The average molecular weight is 376 g/mol. The molecular weight excluding hydrogens is 362 g/mol. The van der Waals surface area contributed by atoms with E-state index in [2.05, 4.69) is 10.6 Å². The van der Waals surface area contributed by atoms with Crippen LogP contribution in [0.1, 0.15) is 26.3 Å². The molecule has 0 unspecified atom stereocenters. The Morgan fingerprint density at radius 2 is 1.44 bits per heavy atom. The number of nitrogens with zero attached hydrogens (tertiary/aromatic N) is 1. The van der Waals surface area contributed by atoms with Gasteiger partial charge in [0.05, 0.1) is 22.3 Å². The third kappa shape index (κ3) is 4.51. The molecule has 3 aromatic carbocycles. The first-order valence-corrected chi connectivity index (χ1v) is 8.42. The van der Waals surface area contributed by atoms with E-state index in [0.29, 0.717) is 33.1 Å². The molecular formula is C21H14ClN3O2. The minimum atomic E-state index is -0.330. The van der Waals surface area contributed by atoms with Crippen LogP contribution in [-0.2, 0) is 0 Å². The second-order valence-electron chi connectivity index (χ2n) is 5.66. The normalized spacial score (nSPS) is 9.93. The molecule has 0 radical (unpaired) electrons. The maximum Gasteiger partial charge on any atom is 0.255 e. The van der Waals surface area contributed by atoms with Gasteiger partial charge >= 0.3 is 0 Å². The van der Waals surface area contributed by atoms with E-state index < -0.39 is 0 Å². The molecule has 5 nitrogen and oxygen atoms in total. The van der Waals surface area contributed by atoms with Gasteiger partial charge in [-0.05, 0) is 54.6 Å². The van der Waals surface area contributed by atoms with Crippen molar-refractivity contribution in [2.45, 2.75) is 0 Å². The summed E-state index contributed by atoms with van der Waals surface area (Å²) in [4.78, 5) is 24.6. The van der Waals surface area contributed by atoms with Crippen LogP contribution in [-0.4, -0.2) is 11.8 Å². The van der Waals surface area contributed by atoms with Crippen molar-refractivity contribution >= 4 is 34.8 Å². The highest BCUT2D eigenvalue weighted by molar-refractivity contribution is 6.33. The molecule has 0 aromatic heterocycles. The van der Waals surface area contributed by atoms with Crippen molar-refractivity contribution in [1.29, 1.82) is 5.26 Å². The number of nitrogens with one attached hydrogen (secondary N) is 2. The number of nitriles is 1. The lowest BCUT2D eigenvalue weighted by Crippen LogP contribution is -2.14. The summed E-state index contributed by atoms with van der Waals surface area (Å²) >= 11 is 6.03. The second-order valence-corrected chi connectivity index (χ2v) is 6.07. The van der Waals surface area contributed by atoms with E-state index in [1.54, 1.807) is 72.8 Å². The minimum absolute atomic E-state index is 0.322. The van der Waals surface area contributed by atoms with Crippen LogP contribution in [0.25, 0.3) is 0 Å². The molecule has 0 atom stereocenters. The third-order valence-electron chi connectivity index (χ3n) is 3.78. The number of carbonyl (C=O) groups excluding carboxylic acids is 2. The van der Waals surface area contributed by atoms with Gasteiger partial charge in [0.15, 0.2) is 0 Å². The summed E-state index contributed by atoms with van der Waals surface area (Å²) in [5.74, 6) is -0.653. The smallest absolute Gasteiger partial charge is 0.255 e. The highest BCUT2D eigenvalue weighted by Crippen LogP contribution is 2.21. The molecule has 0 aliphatic carbocycles. The number of halogens is 1. The van der Waals surface area contributed by atoms with Gasteiger partial charge in [0.1, 0.15) is 0 Å². The topological polar surface area (TPSA) is 82.0 Å². The molecule has 2 amide bonds. The van der Waals surface area contributed by atoms with Crippen molar-refractivity contribution in [2.24, 2.45) is 0 Å². The molecule has 6 heteroatoms. The van der Waals surface area contributed by atoms with Crippen LogP contribution in [0.4, 0.5) is 11.4 Å². The summed E-state index contributed by atoms with van der Waals surface area (Å²) < 4.78 is 0. The number of anilines is 2. The number of carbonyl (C=O) groups is 2. The summed E-state index contributed by atoms with van der Waals surface area (Å²) in [7, 11) is 0. The quantitative estimate of drug-likeness (QED) is 0.692. The Kier molecular flexibility index (Phi) is 5.50. The average Bonchev–Trinajstić information content (AvgIpc) is 2.70. The maximum absolute atomic E-state index is 12.3. The fourth-order valence-electron chi connectivity index (χ4n) is 2.40. The first-order chi connectivity index (χ1) is 13.1. The van der Waals surface area contributed by atoms with Crippen LogP contribution in [0.15, 0.2) is 72.8 Å². The molecule has 0 heterocycles. The SMILES string of the molecule is N#Cc1cccc(NC(=O)c2ccc(C(=O)Nc3ccccc3Cl)cc2)c1. The molecule has 0 fully saturated rings. The summed E-state index contributed by atoms with van der Waals surface area (Å²) in [6.07, 6.45) is 0. The largest absolute Gasteiger partial charge is 0.322 e. The van der Waals surface area contributed by atoms with Crippen LogP contribution in [0, 0.1) is 11.3 Å². The zero-order chi connectivity index (χ0) is 19.2. The number of amides is 2. The number of hydrogen-bond donors (Lipinski definition) is 2. The molecule has 132 valence electrons. The van der Waals surface area contributed by atoms with Gasteiger partial charge in [-0.25, -0.2) is 0 Å². The fraction of sp³-hybridized carbons (Fsp3) is 0. The van der Waals surface area contributed by atoms with E-state index in [0.717, 1.165) is 0 Å². The lowest BCUT2D eigenvalue weighted by Gasteiger charge is -2.08. The first kappa shape index (κ1) is 18.2. The van der Waals surface area contributed by atoms with Crippen molar-refractivity contribution in [3.05, 3.63) is 94.5 Å². The molecule has 3 rings (SSSR count). The first-order valence-electron chi connectivity index (χ1n) is 8.04. The van der Waals surface area contributed by atoms with Gasteiger partial charge < -0.3 is 10.6 Å². The van der Waals surface area contributed by atoms with E-state index in [-0.39, 0.29) is 11.8 Å². The Balaban J connectivity index is 1.69. The number of para-hydroxylation sites is 1. The van der Waals surface area contributed by atoms with E-state index in [4.69, 9.17) is 16.9 Å². The van der Waals surface area contributed by atoms with Crippen molar-refractivity contribution in [3.63, 3.8) is 0 Å². The lowest BCUT2D eigenvalue weighted by atomic mass is 10.1. The highest BCUT2D eigenvalue weighted by atomic mass is 35.5. The van der Waals surface area contributed by atoms with E-state index in [1.807, 2.05) is 6.07 Å². The van der Waals surface area contributed by atoms with E-state index >= 15 is 0 Å². The monoisotopic (exact) mass is 375 g/mol. The zero-order valence-electron chi connectivity index (χ0n) is 14.1. The van der Waals surface area contributed by atoms with Crippen LogP contribution in [0.5, 0.6) is 0 Å². The Morgan fingerprint density at radius 1 is 0.815 bits per heavy atom. The van der Waals surface area contributed by atoms with Crippen LogP contribution < -0.4 is 10.6 Å². The molecule has 0 saturated carbocycles. The maximum atomic E-state index is 12.3. The minimum Gasteiger partial charge on any atom is -0.322 e. The van der Waals surface area contributed by atoms with Crippen LogP contribution >= 0.6 is 11.6 Å². The number of benzene rings is 3. The standard InChI is InChI=1S/C21H14ClN3O2/c22-18-6-1-2-7-19(18)25-21(27)16-10-8-15(9-11-16)20(26)24-17-5-3-4-14(12-17)13-23/h1-12H,(H,24,26)(H,25,27). The number of rotatable bonds is 4. The van der Waals surface area contributed by atoms with Crippen LogP contribution in [0.2, 0.25) is 5.02 Å². The Bertz CT molecular complexity index is 1040. The van der Waals surface area contributed by atoms with Crippen molar-refractivity contribution in [1.82, 2.24) is 0 Å². The van der Waals surface area contributed by atoms with Gasteiger partial charge in [0, 0.05) is 16.8 Å². The molecule has 3 aromatic rings. The Hall–Kier alpha value is -3.62. The van der Waals surface area contributed by atoms with Crippen molar-refractivity contribution < 1.29 is 9.59 Å². The van der Waals surface area contributed by atoms with E-state index in [9.17, 15) is 9.59 Å². The zero-order valence-corrected chi connectivity index (χ0v) is 14.8. The second kappa shape index (κ2) is 8.17. The molecule has 0 aliphatic heterocycles. The molecule has 0 spiro atoms. The summed E-state index contributed by atoms with van der Waals surface area (Å²) in [6.45, 7) is 0. The predicted molar refractivity (Wildman–Crippen MR) is 105 cm³/mol. The molecule has 0 saturated heterocycles. The van der Waals surface area contributed by atoms with Crippen LogP contribution in [0.3, 0.4) is 0 Å². The third-order valence-corrected chi connectivity index (χ3v) is 4.11. The summed E-state index contributed by atoms with van der Waals surface area (Å²) in [5, 5.41) is 14.8. The van der Waals surface area contributed by atoms with Gasteiger partial charge in [0.25, 0.3) is 11.8 Å². The molecule has 2 N–H and O–H groups in total. The molecule has 0 aliphatic rings. The lowest BCUT2D eigenvalue weighted by molar-refractivity contribution is 0.101. The molecule has 0 bridgehead atoms. The molecule has 27 heavy (non-hydrogen) atoms. The highest BCUT2D eigenvalue weighted by Gasteiger charge is 2.11. The van der Waals surface area contributed by atoms with Gasteiger partial charge in [-0.1, -0.05) is 29.8 Å². The van der Waals surface area contributed by atoms with Gasteiger partial charge in [-0.15, -0.1) is 0 Å². The van der Waals surface area contributed by atoms with Gasteiger partial charge in [0.2, 0.25) is 0 Å². The van der Waals surface area contributed by atoms with Gasteiger partial charge in [-0.2, -0.15) is 5.26 Å².